The number of rotatable bonds is 9. The van der Waals surface area contributed by atoms with E-state index in [0.29, 0.717) is 35.1 Å². The first kappa shape index (κ1) is 27.6. The fourth-order valence-electron chi connectivity index (χ4n) is 5.76. The van der Waals surface area contributed by atoms with Gasteiger partial charge in [0.1, 0.15) is 23.0 Å². The molecule has 1 aromatic carbocycles. The van der Waals surface area contributed by atoms with Gasteiger partial charge in [0.05, 0.1) is 12.1 Å². The molecule has 2 aromatic heterocycles. The number of ether oxygens (including phenoxy) is 1. The van der Waals surface area contributed by atoms with Gasteiger partial charge in [-0.15, -0.1) is 0 Å². The lowest BCUT2D eigenvalue weighted by molar-refractivity contribution is 0.0777. The molecule has 0 saturated carbocycles. The normalized spacial score (nSPS) is 19.8. The minimum atomic E-state index is -0.307. The molecule has 0 radical (unpaired) electrons. The average molecular weight is 517 g/mol. The molecule has 0 aliphatic carbocycles. The van der Waals surface area contributed by atoms with Crippen LogP contribution in [0.4, 0.5) is 5.82 Å². The smallest absolute Gasteiger partial charge is 0.349 e. The van der Waals surface area contributed by atoms with Crippen molar-refractivity contribution >= 4 is 16.9 Å². The summed E-state index contributed by atoms with van der Waals surface area (Å²) in [6.07, 6.45) is 2.97. The van der Waals surface area contributed by atoms with Crippen molar-refractivity contribution in [1.82, 2.24) is 19.4 Å². The Kier molecular flexibility index (Phi) is 8.68. The molecule has 4 rings (SSSR count). The zero-order valence-electron chi connectivity index (χ0n) is 23.5. The zero-order valence-corrected chi connectivity index (χ0v) is 23.5. The summed E-state index contributed by atoms with van der Waals surface area (Å²) >= 11 is 0. The molecular formula is C30H40N6O2. The third kappa shape index (κ3) is 5.25. The Morgan fingerprint density at radius 1 is 1.05 bits per heavy atom. The number of benzene rings is 1. The molecule has 1 aliphatic heterocycles. The highest BCUT2D eigenvalue weighted by Gasteiger charge is 2.40. The van der Waals surface area contributed by atoms with Crippen molar-refractivity contribution in [1.29, 1.82) is 5.26 Å². The van der Waals surface area contributed by atoms with E-state index < -0.39 is 0 Å². The minimum absolute atomic E-state index is 0.148. The standard InChI is InChI=1S/C30H40N6O2/c1-7-20(5)27-19-35(25(9-3)21-11-14-24(15-12-21)38-10-4)23(8-2)18-36(27)29-28-26(34(6)30(37)33-29)16-13-22(17-31)32-28/h11-16,20,23,25,27H,7-10,18-19H2,1-6H3/t20?,23-,25?,27?/m1/s1. The molecule has 4 atom stereocenters. The van der Waals surface area contributed by atoms with Gasteiger partial charge in [-0.3, -0.25) is 9.47 Å². The van der Waals surface area contributed by atoms with Gasteiger partial charge in [-0.1, -0.05) is 46.2 Å². The fourth-order valence-corrected chi connectivity index (χ4v) is 5.76. The number of hydrogen-bond donors (Lipinski definition) is 0. The van der Waals surface area contributed by atoms with Gasteiger partial charge >= 0.3 is 5.69 Å². The summed E-state index contributed by atoms with van der Waals surface area (Å²) in [5.74, 6) is 1.86. The molecule has 0 spiro atoms. The lowest BCUT2D eigenvalue weighted by atomic mass is 9.89. The maximum absolute atomic E-state index is 12.9. The first-order valence-corrected chi connectivity index (χ1v) is 13.9. The monoisotopic (exact) mass is 516 g/mol. The van der Waals surface area contributed by atoms with Crippen LogP contribution in [0.5, 0.6) is 5.75 Å². The van der Waals surface area contributed by atoms with Gasteiger partial charge < -0.3 is 9.64 Å². The van der Waals surface area contributed by atoms with Crippen LogP contribution >= 0.6 is 0 Å². The van der Waals surface area contributed by atoms with Gasteiger partial charge in [0.2, 0.25) is 0 Å². The highest BCUT2D eigenvalue weighted by molar-refractivity contribution is 5.86. The van der Waals surface area contributed by atoms with Crippen LogP contribution in [0, 0.1) is 17.2 Å². The predicted octanol–water partition coefficient (Wildman–Crippen LogP) is 5.07. The van der Waals surface area contributed by atoms with Crippen molar-refractivity contribution in [2.75, 3.05) is 24.6 Å². The van der Waals surface area contributed by atoms with Gasteiger partial charge in [-0.05, 0) is 55.5 Å². The van der Waals surface area contributed by atoms with Crippen molar-refractivity contribution in [3.05, 3.63) is 58.1 Å². The van der Waals surface area contributed by atoms with Gasteiger partial charge in [0, 0.05) is 38.3 Å². The van der Waals surface area contributed by atoms with Crippen LogP contribution in [0.15, 0.2) is 41.2 Å². The number of hydrogen-bond acceptors (Lipinski definition) is 7. The number of aromatic nitrogens is 3. The third-order valence-electron chi connectivity index (χ3n) is 8.13. The van der Waals surface area contributed by atoms with E-state index in [1.807, 2.05) is 6.92 Å². The van der Waals surface area contributed by atoms with E-state index in [-0.39, 0.29) is 23.8 Å². The largest absolute Gasteiger partial charge is 0.494 e. The molecule has 8 heteroatoms. The maximum Gasteiger partial charge on any atom is 0.349 e. The summed E-state index contributed by atoms with van der Waals surface area (Å²) in [4.78, 5) is 27.1. The first-order chi connectivity index (χ1) is 18.4. The molecule has 1 aliphatic rings. The van der Waals surface area contributed by atoms with E-state index in [1.54, 1.807) is 19.2 Å². The summed E-state index contributed by atoms with van der Waals surface area (Å²) in [5.41, 5.74) is 2.62. The maximum atomic E-state index is 12.9. The molecule has 1 saturated heterocycles. The lowest BCUT2D eigenvalue weighted by Gasteiger charge is -2.51. The minimum Gasteiger partial charge on any atom is -0.494 e. The van der Waals surface area contributed by atoms with Crippen LogP contribution in [0.2, 0.25) is 0 Å². The quantitative estimate of drug-likeness (QED) is 0.393. The highest BCUT2D eigenvalue weighted by atomic mass is 16.5. The van der Waals surface area contributed by atoms with Gasteiger partial charge in [-0.2, -0.15) is 10.2 Å². The number of nitrogens with zero attached hydrogens (tertiary/aromatic N) is 6. The number of fused-ring (bicyclic) bond motifs is 1. The van der Waals surface area contributed by atoms with Crippen LogP contribution in [0.3, 0.4) is 0 Å². The molecule has 0 amide bonds. The molecule has 0 N–H and O–H groups in total. The second kappa shape index (κ2) is 12.0. The summed E-state index contributed by atoms with van der Waals surface area (Å²) < 4.78 is 7.19. The lowest BCUT2D eigenvalue weighted by Crippen LogP contribution is -2.61. The Balaban J connectivity index is 1.78. The van der Waals surface area contributed by atoms with E-state index in [0.717, 1.165) is 38.1 Å². The Labute approximate surface area is 225 Å². The van der Waals surface area contributed by atoms with Gasteiger partial charge in [0.15, 0.2) is 5.82 Å². The van der Waals surface area contributed by atoms with Crippen molar-refractivity contribution in [3.8, 4) is 11.8 Å². The van der Waals surface area contributed by atoms with E-state index in [1.165, 1.54) is 10.1 Å². The van der Waals surface area contributed by atoms with Crippen LogP contribution in [0.1, 0.15) is 71.2 Å². The Morgan fingerprint density at radius 2 is 1.79 bits per heavy atom. The van der Waals surface area contributed by atoms with Crippen molar-refractivity contribution in [3.63, 3.8) is 0 Å². The molecule has 1 fully saturated rings. The van der Waals surface area contributed by atoms with Gasteiger partial charge in [-0.25, -0.2) is 9.78 Å². The molecule has 3 unspecified atom stereocenters. The third-order valence-corrected chi connectivity index (χ3v) is 8.13. The summed E-state index contributed by atoms with van der Waals surface area (Å²) in [7, 11) is 1.71. The molecule has 3 heterocycles. The SMILES string of the molecule is CCOc1ccc(C(CC)N2CC(C(C)CC)N(c3nc(=O)n(C)c4ccc(C#N)nc34)C[C@H]2CC)cc1. The Hall–Kier alpha value is -3.44. The summed E-state index contributed by atoms with van der Waals surface area (Å²) in [6, 6.07) is 14.8. The number of piperazine rings is 1. The molecule has 8 nitrogen and oxygen atoms in total. The van der Waals surface area contributed by atoms with Crippen molar-refractivity contribution in [2.45, 2.75) is 72.0 Å². The first-order valence-electron chi connectivity index (χ1n) is 13.9. The topological polar surface area (TPSA) is 87.3 Å². The van der Waals surface area contributed by atoms with Crippen LogP contribution in [-0.2, 0) is 7.05 Å². The highest BCUT2D eigenvalue weighted by Crippen LogP contribution is 2.37. The van der Waals surface area contributed by atoms with Crippen LogP contribution < -0.4 is 15.3 Å². The van der Waals surface area contributed by atoms with E-state index >= 15 is 0 Å². The zero-order chi connectivity index (χ0) is 27.4. The molecule has 0 bridgehead atoms. The Morgan fingerprint density at radius 3 is 2.39 bits per heavy atom. The number of pyridine rings is 1. The van der Waals surface area contributed by atoms with Crippen LogP contribution in [0.25, 0.3) is 11.0 Å². The fraction of sp³-hybridized carbons (Fsp3) is 0.533. The molecule has 202 valence electrons. The van der Waals surface area contributed by atoms with E-state index in [4.69, 9.17) is 4.74 Å². The van der Waals surface area contributed by atoms with E-state index in [9.17, 15) is 10.1 Å². The number of nitriles is 1. The molecule has 3 aromatic rings. The summed E-state index contributed by atoms with van der Waals surface area (Å²) in [5, 5.41) is 9.53. The van der Waals surface area contributed by atoms with Crippen molar-refractivity contribution in [2.24, 2.45) is 13.0 Å². The van der Waals surface area contributed by atoms with Gasteiger partial charge in [0.25, 0.3) is 0 Å². The molecule has 38 heavy (non-hydrogen) atoms. The predicted molar refractivity (Wildman–Crippen MR) is 152 cm³/mol. The summed E-state index contributed by atoms with van der Waals surface area (Å²) in [6.45, 7) is 13.2. The number of aryl methyl sites for hydroxylation is 1. The van der Waals surface area contributed by atoms with Crippen LogP contribution in [-0.4, -0.2) is 51.2 Å². The second-order valence-corrected chi connectivity index (χ2v) is 10.2. The van der Waals surface area contributed by atoms with Crippen molar-refractivity contribution < 1.29 is 4.74 Å². The van der Waals surface area contributed by atoms with E-state index in [2.05, 4.69) is 77.8 Å². The molecular weight excluding hydrogens is 476 g/mol. The number of anilines is 1. The average Bonchev–Trinajstić information content (AvgIpc) is 2.95. The Bertz CT molecular complexity index is 1350. The second-order valence-electron chi connectivity index (χ2n) is 10.2.